The average Bonchev–Trinajstić information content (AvgIpc) is 3.75. The van der Waals surface area contributed by atoms with Gasteiger partial charge in [0.2, 0.25) is 0 Å². The highest BCUT2D eigenvalue weighted by molar-refractivity contribution is 6.32. The van der Waals surface area contributed by atoms with Crippen LogP contribution in [0.5, 0.6) is 17.2 Å². The van der Waals surface area contributed by atoms with Crippen molar-refractivity contribution in [3.8, 4) is 34.4 Å². The molecule has 53 heavy (non-hydrogen) atoms. The highest BCUT2D eigenvalue weighted by Crippen LogP contribution is 2.44. The number of ether oxygens (including phenoxy) is 3. The first-order chi connectivity index (χ1) is 25.7. The first-order valence-corrected chi connectivity index (χ1v) is 19.0. The number of fused-ring (bicyclic) bond motifs is 1. The van der Waals surface area contributed by atoms with Crippen molar-refractivity contribution >= 4 is 17.4 Å². The number of Topliss-reactive ketones (excluding diaryl/α,β-unsaturated/α-hetero) is 1. The lowest BCUT2D eigenvalue weighted by Gasteiger charge is -2.44. The molecule has 2 N–H and O–H groups in total. The molecule has 1 aliphatic heterocycles. The number of nitriles is 1. The van der Waals surface area contributed by atoms with Crippen LogP contribution >= 0.6 is 11.6 Å². The Balaban J connectivity index is 1.06. The van der Waals surface area contributed by atoms with Gasteiger partial charge < -0.3 is 24.6 Å². The van der Waals surface area contributed by atoms with Gasteiger partial charge in [-0.05, 0) is 98.0 Å². The molecule has 1 saturated carbocycles. The van der Waals surface area contributed by atoms with Gasteiger partial charge in [0.05, 0.1) is 22.8 Å². The van der Waals surface area contributed by atoms with Gasteiger partial charge in [-0.1, -0.05) is 41.9 Å². The zero-order valence-corrected chi connectivity index (χ0v) is 31.3. The zero-order valence-electron chi connectivity index (χ0n) is 30.5. The van der Waals surface area contributed by atoms with E-state index in [2.05, 4.69) is 58.5 Å². The molecule has 9 nitrogen and oxygen atoms in total. The van der Waals surface area contributed by atoms with Crippen molar-refractivity contribution in [3.63, 3.8) is 0 Å². The minimum atomic E-state index is -0.553. The lowest BCUT2D eigenvalue weighted by molar-refractivity contribution is -0.117. The van der Waals surface area contributed by atoms with Crippen molar-refractivity contribution < 1.29 is 24.1 Å². The minimum Gasteiger partial charge on any atom is -0.493 e. The van der Waals surface area contributed by atoms with Gasteiger partial charge in [0.1, 0.15) is 41.8 Å². The Morgan fingerprint density at radius 2 is 1.87 bits per heavy atom. The lowest BCUT2D eigenvalue weighted by Crippen LogP contribution is -2.59. The number of likely N-dealkylation sites (tertiary alicyclic amines) is 1. The maximum atomic E-state index is 11.8. The van der Waals surface area contributed by atoms with Gasteiger partial charge >= 0.3 is 0 Å². The van der Waals surface area contributed by atoms with Gasteiger partial charge in [-0.3, -0.25) is 14.7 Å². The molecule has 0 radical (unpaired) electrons. The number of hydrogen-bond acceptors (Lipinski definition) is 9. The molecule has 2 heterocycles. The molecule has 2 fully saturated rings. The summed E-state index contributed by atoms with van der Waals surface area (Å²) in [5, 5.41) is 23.4. The highest BCUT2D eigenvalue weighted by atomic mass is 35.5. The first kappa shape index (κ1) is 36.9. The van der Waals surface area contributed by atoms with E-state index in [0.717, 1.165) is 85.4 Å². The molecule has 3 aromatic carbocycles. The number of rotatable bonds is 15. The van der Waals surface area contributed by atoms with Crippen LogP contribution in [0.25, 0.3) is 11.1 Å². The predicted octanol–water partition coefficient (Wildman–Crippen LogP) is 7.52. The second kappa shape index (κ2) is 16.3. The summed E-state index contributed by atoms with van der Waals surface area (Å²) in [6.07, 6.45) is 7.83. The number of aliphatic hydroxyl groups is 1. The molecule has 7 rings (SSSR count). The van der Waals surface area contributed by atoms with Crippen molar-refractivity contribution in [2.45, 2.75) is 77.2 Å². The molecule has 1 aromatic heterocycles. The molecule has 2 atom stereocenters. The molecule has 10 heteroatoms. The zero-order chi connectivity index (χ0) is 37.0. The molecule has 0 amide bonds. The summed E-state index contributed by atoms with van der Waals surface area (Å²) in [7, 11) is 0. The second-order valence-electron chi connectivity index (χ2n) is 15.0. The Labute approximate surface area is 316 Å². The van der Waals surface area contributed by atoms with E-state index in [0.29, 0.717) is 59.8 Å². The quantitative estimate of drug-likeness (QED) is 0.120. The smallest absolute Gasteiger partial charge is 0.142 e. The maximum Gasteiger partial charge on any atom is 0.142 e. The summed E-state index contributed by atoms with van der Waals surface area (Å²) in [5.41, 5.74) is 7.46. The van der Waals surface area contributed by atoms with Crippen molar-refractivity contribution in [1.82, 2.24) is 15.2 Å². The summed E-state index contributed by atoms with van der Waals surface area (Å²) in [6.45, 7) is 8.48. The number of nitrogens with one attached hydrogen (secondary N) is 1. The van der Waals surface area contributed by atoms with E-state index >= 15 is 0 Å². The number of carbonyl (C=O) groups excluding carboxylic acids is 1. The van der Waals surface area contributed by atoms with E-state index in [1.54, 1.807) is 12.3 Å². The van der Waals surface area contributed by atoms with Gasteiger partial charge in [-0.2, -0.15) is 5.26 Å². The molecular weight excluding hydrogens is 688 g/mol. The topological polar surface area (TPSA) is 117 Å². The van der Waals surface area contributed by atoms with Crippen LogP contribution in [0.3, 0.4) is 0 Å². The fraction of sp³-hybridized carbons (Fsp3) is 0.419. The van der Waals surface area contributed by atoms with Gasteiger partial charge in [0.25, 0.3) is 0 Å². The Morgan fingerprint density at radius 3 is 2.66 bits per heavy atom. The van der Waals surface area contributed by atoms with Crippen molar-refractivity contribution in [2.75, 3.05) is 32.8 Å². The molecule has 4 aromatic rings. The van der Waals surface area contributed by atoms with Crippen LogP contribution in [0.4, 0.5) is 0 Å². The van der Waals surface area contributed by atoms with E-state index in [1.807, 2.05) is 25.1 Å². The lowest BCUT2D eigenvalue weighted by atomic mass is 9.93. The van der Waals surface area contributed by atoms with Crippen LogP contribution in [0.2, 0.25) is 5.02 Å². The second-order valence-corrected chi connectivity index (χ2v) is 15.4. The predicted molar refractivity (Wildman–Crippen MR) is 204 cm³/mol. The number of benzene rings is 3. The maximum absolute atomic E-state index is 11.8. The number of ketones is 1. The molecule has 3 aliphatic rings. The van der Waals surface area contributed by atoms with Crippen molar-refractivity contribution in [2.24, 2.45) is 5.92 Å². The third kappa shape index (κ3) is 8.85. The number of hydrogen-bond donors (Lipinski definition) is 2. The van der Waals surface area contributed by atoms with Gasteiger partial charge in [0, 0.05) is 68.6 Å². The number of nitrogens with zero attached hydrogens (tertiary/aromatic N) is 3. The van der Waals surface area contributed by atoms with E-state index in [1.165, 1.54) is 17.3 Å². The molecule has 1 saturated heterocycles. The van der Waals surface area contributed by atoms with E-state index in [4.69, 9.17) is 25.8 Å². The van der Waals surface area contributed by atoms with Gasteiger partial charge in [0.15, 0.2) is 0 Å². The van der Waals surface area contributed by atoms with Gasteiger partial charge in [-0.15, -0.1) is 0 Å². The standard InChI is InChI=1S/C43H47ClN4O5/c1-28-34(6-4-9-39(28)51-15-5-14-48-26-43(2,50)27-48)35-7-3-8-37-36(35)12-13-40(37)53-42-19-41(52-25-31-16-30(20-45)22-46-23-31)32(18-38(42)44)24-47-21-29-10-11-33(49)17-29/h3-4,6-9,16,18-19,22-23,29,40,47,50H,5,10-15,17,21,24-27H2,1-2H3/t29?,40-/m0/s1. The average molecular weight is 735 g/mol. The Hall–Kier alpha value is -4.46. The van der Waals surface area contributed by atoms with E-state index < -0.39 is 5.60 Å². The number of carbonyl (C=O) groups is 1. The van der Waals surface area contributed by atoms with Crippen molar-refractivity contribution in [3.05, 3.63) is 105 Å². The Morgan fingerprint density at radius 1 is 1.04 bits per heavy atom. The Bertz CT molecular complexity index is 2000. The van der Waals surface area contributed by atoms with E-state index in [-0.39, 0.29) is 12.7 Å². The van der Waals surface area contributed by atoms with Gasteiger partial charge in [-0.25, -0.2) is 0 Å². The van der Waals surface area contributed by atoms with Crippen LogP contribution in [-0.4, -0.2) is 59.2 Å². The van der Waals surface area contributed by atoms with Crippen LogP contribution in [0.1, 0.15) is 78.5 Å². The number of halogens is 1. The summed E-state index contributed by atoms with van der Waals surface area (Å²) < 4.78 is 19.3. The fourth-order valence-electron chi connectivity index (χ4n) is 7.96. The summed E-state index contributed by atoms with van der Waals surface area (Å²) in [6, 6.07) is 20.4. The van der Waals surface area contributed by atoms with Crippen LogP contribution in [0.15, 0.2) is 67.0 Å². The molecule has 2 aliphatic carbocycles. The van der Waals surface area contributed by atoms with E-state index in [9.17, 15) is 15.2 Å². The summed E-state index contributed by atoms with van der Waals surface area (Å²) in [5.74, 6) is 2.75. The molecular formula is C43H47ClN4O5. The molecule has 0 spiro atoms. The fourth-order valence-corrected chi connectivity index (χ4v) is 8.19. The van der Waals surface area contributed by atoms with Crippen molar-refractivity contribution in [1.29, 1.82) is 5.26 Å². The molecule has 1 unspecified atom stereocenters. The SMILES string of the molecule is Cc1c(OCCCN2CC(C)(O)C2)cccc1-c1cccc2c1CC[C@@H]2Oc1cc(OCc2cncc(C#N)c2)c(CNCC2CCC(=O)C2)cc1Cl. The number of β-amino-alcohol motifs (C(OH)–C–C–N with tert-alkyl or cyclic N) is 1. The minimum absolute atomic E-state index is 0.183. The van der Waals surface area contributed by atoms with Crippen LogP contribution in [-0.2, 0) is 24.4 Å². The number of aromatic nitrogens is 1. The highest BCUT2D eigenvalue weighted by Gasteiger charge is 2.35. The van der Waals surface area contributed by atoms with Crippen LogP contribution < -0.4 is 19.5 Å². The summed E-state index contributed by atoms with van der Waals surface area (Å²) >= 11 is 6.92. The van der Waals surface area contributed by atoms with Crippen LogP contribution in [0, 0.1) is 24.2 Å². The molecule has 0 bridgehead atoms. The number of pyridine rings is 1. The normalized spacial score (nSPS) is 19.0. The third-order valence-electron chi connectivity index (χ3n) is 10.6. The Kier molecular flexibility index (Phi) is 11.3. The molecule has 276 valence electrons. The monoisotopic (exact) mass is 734 g/mol. The first-order valence-electron chi connectivity index (χ1n) is 18.6. The third-order valence-corrected chi connectivity index (χ3v) is 10.9. The summed E-state index contributed by atoms with van der Waals surface area (Å²) in [4.78, 5) is 18.2. The largest absolute Gasteiger partial charge is 0.493 e.